The van der Waals surface area contributed by atoms with Gasteiger partial charge in [0.2, 0.25) is 0 Å². The van der Waals surface area contributed by atoms with Gasteiger partial charge in [0, 0.05) is 0 Å². The SMILES string of the molecule is CCCCCCCCCCCCCCCCCCCC[N+](CCO)(CCO)CCCCCCCC. The van der Waals surface area contributed by atoms with Gasteiger partial charge in [-0.05, 0) is 25.7 Å². The van der Waals surface area contributed by atoms with Crippen LogP contribution in [0.1, 0.15) is 168 Å². The molecule has 0 aliphatic carbocycles. The Labute approximate surface area is 222 Å². The number of nitrogens with zero attached hydrogens (tertiary/aromatic N) is 1. The third-order valence-electron chi connectivity index (χ3n) is 8.12. The maximum absolute atomic E-state index is 9.66. The topological polar surface area (TPSA) is 40.5 Å². The number of unbranched alkanes of at least 4 members (excludes halogenated alkanes) is 22. The van der Waals surface area contributed by atoms with Crippen molar-refractivity contribution in [1.82, 2.24) is 0 Å². The second-order valence-corrected chi connectivity index (χ2v) is 11.5. The lowest BCUT2D eigenvalue weighted by Gasteiger charge is -2.38. The zero-order valence-electron chi connectivity index (χ0n) is 24.6. The van der Waals surface area contributed by atoms with Crippen molar-refractivity contribution in [2.24, 2.45) is 0 Å². The second kappa shape index (κ2) is 28.5. The number of rotatable bonds is 30. The monoisotopic (exact) mass is 499 g/mol. The van der Waals surface area contributed by atoms with Crippen LogP contribution >= 0.6 is 0 Å². The summed E-state index contributed by atoms with van der Waals surface area (Å²) >= 11 is 0. The van der Waals surface area contributed by atoms with Gasteiger partial charge in [0.25, 0.3) is 0 Å². The van der Waals surface area contributed by atoms with Crippen molar-refractivity contribution in [3.63, 3.8) is 0 Å². The van der Waals surface area contributed by atoms with Gasteiger partial charge in [-0.25, -0.2) is 0 Å². The number of hydrogen-bond acceptors (Lipinski definition) is 2. The van der Waals surface area contributed by atoms with Crippen LogP contribution in [0.25, 0.3) is 0 Å². The maximum atomic E-state index is 9.66. The highest BCUT2D eigenvalue weighted by Crippen LogP contribution is 2.17. The summed E-state index contributed by atoms with van der Waals surface area (Å²) in [7, 11) is 0. The Kier molecular flexibility index (Phi) is 28.4. The van der Waals surface area contributed by atoms with Crippen LogP contribution in [-0.4, -0.2) is 54.1 Å². The van der Waals surface area contributed by atoms with E-state index >= 15 is 0 Å². The highest BCUT2D eigenvalue weighted by molar-refractivity contribution is 4.53. The van der Waals surface area contributed by atoms with Crippen LogP contribution in [-0.2, 0) is 0 Å². The molecule has 0 unspecified atom stereocenters. The minimum atomic E-state index is 0.245. The standard InChI is InChI=1S/C32H68NO2/c1-3-5-7-9-11-12-13-14-15-16-17-18-19-20-21-22-24-26-28-33(29-31-34,30-32-35)27-25-23-10-8-6-4-2/h34-35H,3-32H2,1-2H3/q+1. The molecule has 0 aliphatic rings. The van der Waals surface area contributed by atoms with E-state index in [2.05, 4.69) is 13.8 Å². The number of quaternary nitrogens is 1. The van der Waals surface area contributed by atoms with E-state index in [1.54, 1.807) is 0 Å². The van der Waals surface area contributed by atoms with Gasteiger partial charge in [0.05, 0.1) is 26.3 Å². The summed E-state index contributed by atoms with van der Waals surface area (Å²) in [5.74, 6) is 0. The Morgan fingerprint density at radius 2 is 0.543 bits per heavy atom. The summed E-state index contributed by atoms with van der Waals surface area (Å²) in [6.45, 7) is 8.95. The molecule has 0 spiro atoms. The molecule has 0 amide bonds. The summed E-state index contributed by atoms with van der Waals surface area (Å²) in [5, 5.41) is 19.3. The number of aliphatic hydroxyl groups is 2. The Hall–Kier alpha value is -0.120. The summed E-state index contributed by atoms with van der Waals surface area (Å²) in [5.41, 5.74) is 0. The molecule has 0 rings (SSSR count). The predicted octanol–water partition coefficient (Wildman–Crippen LogP) is 9.19. The van der Waals surface area contributed by atoms with E-state index in [0.717, 1.165) is 30.7 Å². The molecule has 0 aromatic carbocycles. The van der Waals surface area contributed by atoms with Crippen LogP contribution in [0.3, 0.4) is 0 Å². The summed E-state index contributed by atoms with van der Waals surface area (Å²) < 4.78 is 0.930. The fraction of sp³-hybridized carbons (Fsp3) is 1.00. The second-order valence-electron chi connectivity index (χ2n) is 11.5. The van der Waals surface area contributed by atoms with E-state index in [1.165, 1.54) is 154 Å². The van der Waals surface area contributed by atoms with E-state index in [1.807, 2.05) is 0 Å². The molecular formula is C32H68NO2+. The van der Waals surface area contributed by atoms with Crippen LogP contribution in [0, 0.1) is 0 Å². The molecule has 0 saturated carbocycles. The molecule has 0 saturated heterocycles. The van der Waals surface area contributed by atoms with Crippen LogP contribution in [0.2, 0.25) is 0 Å². The lowest BCUT2D eigenvalue weighted by molar-refractivity contribution is -0.929. The molecular weight excluding hydrogens is 430 g/mol. The largest absolute Gasteiger partial charge is 0.391 e. The van der Waals surface area contributed by atoms with Gasteiger partial charge in [-0.15, -0.1) is 0 Å². The molecule has 0 radical (unpaired) electrons. The van der Waals surface area contributed by atoms with Gasteiger partial charge in [0.1, 0.15) is 13.1 Å². The Balaban J connectivity index is 3.65. The smallest absolute Gasteiger partial charge is 0.102 e. The minimum absolute atomic E-state index is 0.245. The van der Waals surface area contributed by atoms with Gasteiger partial charge in [-0.1, -0.05) is 142 Å². The Bertz CT molecular complexity index is 382. The van der Waals surface area contributed by atoms with Crippen LogP contribution in [0.15, 0.2) is 0 Å². The van der Waals surface area contributed by atoms with Crippen molar-refractivity contribution >= 4 is 0 Å². The fourth-order valence-corrected chi connectivity index (χ4v) is 5.67. The first-order valence-corrected chi connectivity index (χ1v) is 16.3. The lowest BCUT2D eigenvalue weighted by Crippen LogP contribution is -2.52. The molecule has 0 aromatic heterocycles. The fourth-order valence-electron chi connectivity index (χ4n) is 5.67. The van der Waals surface area contributed by atoms with Gasteiger partial charge >= 0.3 is 0 Å². The van der Waals surface area contributed by atoms with Gasteiger partial charge < -0.3 is 14.7 Å². The molecule has 0 atom stereocenters. The summed E-state index contributed by atoms with van der Waals surface area (Å²) in [6, 6.07) is 0. The molecule has 212 valence electrons. The zero-order chi connectivity index (χ0) is 25.7. The Morgan fingerprint density at radius 1 is 0.314 bits per heavy atom. The van der Waals surface area contributed by atoms with Crippen molar-refractivity contribution in [2.45, 2.75) is 168 Å². The molecule has 2 N–H and O–H groups in total. The first-order chi connectivity index (χ1) is 17.2. The number of hydrogen-bond donors (Lipinski definition) is 2. The van der Waals surface area contributed by atoms with Crippen molar-refractivity contribution in [3.8, 4) is 0 Å². The molecule has 35 heavy (non-hydrogen) atoms. The summed E-state index contributed by atoms with van der Waals surface area (Å²) in [4.78, 5) is 0. The van der Waals surface area contributed by atoms with Crippen LogP contribution < -0.4 is 0 Å². The van der Waals surface area contributed by atoms with E-state index in [0.29, 0.717) is 0 Å². The lowest BCUT2D eigenvalue weighted by atomic mass is 10.0. The van der Waals surface area contributed by atoms with Crippen molar-refractivity contribution in [2.75, 3.05) is 39.4 Å². The highest BCUT2D eigenvalue weighted by atomic mass is 16.3. The molecule has 0 aliphatic heterocycles. The van der Waals surface area contributed by atoms with Gasteiger partial charge in [-0.3, -0.25) is 0 Å². The van der Waals surface area contributed by atoms with E-state index < -0.39 is 0 Å². The maximum Gasteiger partial charge on any atom is 0.102 e. The average Bonchev–Trinajstić information content (AvgIpc) is 2.86. The summed E-state index contributed by atoms with van der Waals surface area (Å²) in [6.07, 6.45) is 33.3. The van der Waals surface area contributed by atoms with E-state index in [4.69, 9.17) is 0 Å². The third-order valence-corrected chi connectivity index (χ3v) is 8.12. The molecule has 3 nitrogen and oxygen atoms in total. The van der Waals surface area contributed by atoms with E-state index in [-0.39, 0.29) is 13.2 Å². The minimum Gasteiger partial charge on any atom is -0.391 e. The number of aliphatic hydroxyl groups excluding tert-OH is 2. The Morgan fingerprint density at radius 3 is 0.771 bits per heavy atom. The predicted molar refractivity (Wildman–Crippen MR) is 156 cm³/mol. The van der Waals surface area contributed by atoms with Gasteiger partial charge in [0.15, 0.2) is 0 Å². The molecule has 3 heteroatoms. The van der Waals surface area contributed by atoms with E-state index in [9.17, 15) is 10.2 Å². The zero-order valence-corrected chi connectivity index (χ0v) is 24.6. The van der Waals surface area contributed by atoms with Crippen molar-refractivity contribution in [1.29, 1.82) is 0 Å². The first-order valence-electron chi connectivity index (χ1n) is 16.3. The third kappa shape index (κ3) is 24.0. The average molecular weight is 499 g/mol. The molecule has 0 heterocycles. The quantitative estimate of drug-likeness (QED) is 0.0765. The van der Waals surface area contributed by atoms with Crippen LogP contribution in [0.4, 0.5) is 0 Å². The van der Waals surface area contributed by atoms with Crippen LogP contribution in [0.5, 0.6) is 0 Å². The first kappa shape index (κ1) is 34.9. The normalized spacial score (nSPS) is 12.0. The molecule has 0 bridgehead atoms. The molecule has 0 aromatic rings. The molecule has 0 fully saturated rings. The highest BCUT2D eigenvalue weighted by Gasteiger charge is 2.25. The van der Waals surface area contributed by atoms with Crippen molar-refractivity contribution < 1.29 is 14.7 Å². The van der Waals surface area contributed by atoms with Crippen molar-refractivity contribution in [3.05, 3.63) is 0 Å². The van der Waals surface area contributed by atoms with Gasteiger partial charge in [-0.2, -0.15) is 0 Å².